The van der Waals surface area contributed by atoms with E-state index in [2.05, 4.69) is 17.6 Å². The fourth-order valence-corrected chi connectivity index (χ4v) is 4.12. The van der Waals surface area contributed by atoms with Crippen LogP contribution < -0.4 is 10.6 Å². The average Bonchev–Trinajstić information content (AvgIpc) is 3.11. The summed E-state index contributed by atoms with van der Waals surface area (Å²) in [7, 11) is 0. The lowest BCUT2D eigenvalue weighted by Crippen LogP contribution is -2.47. The van der Waals surface area contributed by atoms with Crippen LogP contribution in [0.1, 0.15) is 64.7 Å². The Morgan fingerprint density at radius 2 is 2.00 bits per heavy atom. The van der Waals surface area contributed by atoms with Crippen LogP contribution >= 0.6 is 0 Å². The van der Waals surface area contributed by atoms with E-state index in [-0.39, 0.29) is 0 Å². The van der Waals surface area contributed by atoms with Crippen molar-refractivity contribution < 1.29 is 4.74 Å². The number of hydrogen-bond donors (Lipinski definition) is 2. The normalized spacial score (nSPS) is 33.4. The van der Waals surface area contributed by atoms with Crippen molar-refractivity contribution in [3.8, 4) is 0 Å². The zero-order valence-electron chi connectivity index (χ0n) is 13.4. The molecule has 3 unspecified atom stereocenters. The van der Waals surface area contributed by atoms with Gasteiger partial charge >= 0.3 is 0 Å². The Morgan fingerprint density at radius 3 is 2.67 bits per heavy atom. The summed E-state index contributed by atoms with van der Waals surface area (Å²) in [5, 5.41) is 6.99. The van der Waals surface area contributed by atoms with E-state index in [0.717, 1.165) is 31.4 Å². The van der Waals surface area contributed by atoms with Gasteiger partial charge in [-0.3, -0.25) is 4.99 Å². The average molecular weight is 293 g/mol. The van der Waals surface area contributed by atoms with Gasteiger partial charge in [0.1, 0.15) is 0 Å². The first kappa shape index (κ1) is 15.1. The van der Waals surface area contributed by atoms with Crippen LogP contribution in [0.25, 0.3) is 0 Å². The van der Waals surface area contributed by atoms with Crippen LogP contribution in [0.2, 0.25) is 0 Å². The predicted octanol–water partition coefficient (Wildman–Crippen LogP) is 2.83. The smallest absolute Gasteiger partial charge is 0.191 e. The van der Waals surface area contributed by atoms with Crippen LogP contribution in [0.3, 0.4) is 0 Å². The minimum Gasteiger partial charge on any atom is -0.373 e. The highest BCUT2D eigenvalue weighted by Gasteiger charge is 2.41. The highest BCUT2D eigenvalue weighted by molar-refractivity contribution is 5.80. The molecule has 2 heterocycles. The summed E-state index contributed by atoms with van der Waals surface area (Å²) in [5.41, 5.74) is 0. The zero-order valence-corrected chi connectivity index (χ0v) is 13.4. The molecule has 0 spiro atoms. The molecular weight excluding hydrogens is 262 g/mol. The molecule has 2 N–H and O–H groups in total. The maximum absolute atomic E-state index is 5.92. The molecule has 1 saturated carbocycles. The first-order valence-corrected chi connectivity index (χ1v) is 9.05. The van der Waals surface area contributed by atoms with Gasteiger partial charge in [-0.25, -0.2) is 0 Å². The van der Waals surface area contributed by atoms with E-state index < -0.39 is 0 Å². The highest BCUT2D eigenvalue weighted by atomic mass is 16.5. The van der Waals surface area contributed by atoms with Gasteiger partial charge in [0.15, 0.2) is 5.96 Å². The summed E-state index contributed by atoms with van der Waals surface area (Å²) >= 11 is 0. The molecule has 0 aromatic heterocycles. The van der Waals surface area contributed by atoms with E-state index >= 15 is 0 Å². The van der Waals surface area contributed by atoms with Gasteiger partial charge < -0.3 is 15.4 Å². The van der Waals surface area contributed by atoms with Gasteiger partial charge in [-0.1, -0.05) is 32.1 Å². The number of nitrogens with zero attached hydrogens (tertiary/aromatic N) is 1. The second-order valence-electron chi connectivity index (χ2n) is 6.91. The number of aliphatic imine (C=N–C) groups is 1. The lowest BCUT2D eigenvalue weighted by molar-refractivity contribution is 0.0992. The largest absolute Gasteiger partial charge is 0.373 e. The van der Waals surface area contributed by atoms with Gasteiger partial charge in [-0.2, -0.15) is 0 Å². The molecule has 120 valence electrons. The van der Waals surface area contributed by atoms with Gasteiger partial charge in [0.2, 0.25) is 0 Å². The summed E-state index contributed by atoms with van der Waals surface area (Å²) in [6.45, 7) is 4.02. The van der Waals surface area contributed by atoms with Gasteiger partial charge in [-0.05, 0) is 38.5 Å². The van der Waals surface area contributed by atoms with E-state index in [1.165, 1.54) is 51.4 Å². The molecule has 1 aliphatic carbocycles. The standard InChI is InChI=1S/C17H31N3O/c1-2-18-17(19-11-10-13-6-4-3-5-7-13)20-15-12-14-8-9-16(15)21-14/h13-16H,2-12H2,1H3,(H2,18,19,20). The van der Waals surface area contributed by atoms with Gasteiger partial charge in [-0.15, -0.1) is 0 Å². The number of rotatable bonds is 5. The minimum absolute atomic E-state index is 0.414. The molecule has 0 aromatic carbocycles. The van der Waals surface area contributed by atoms with Gasteiger partial charge in [0.25, 0.3) is 0 Å². The number of fused-ring (bicyclic) bond motifs is 2. The van der Waals surface area contributed by atoms with Crippen molar-refractivity contribution in [3.05, 3.63) is 0 Å². The summed E-state index contributed by atoms with van der Waals surface area (Å²) in [5.74, 6) is 1.91. The molecule has 0 radical (unpaired) electrons. The van der Waals surface area contributed by atoms with Crippen LogP contribution in [-0.2, 0) is 4.74 Å². The van der Waals surface area contributed by atoms with E-state index in [1.54, 1.807) is 0 Å². The van der Waals surface area contributed by atoms with Crippen LogP contribution in [-0.4, -0.2) is 37.3 Å². The molecule has 0 amide bonds. The van der Waals surface area contributed by atoms with Gasteiger partial charge in [0.05, 0.1) is 18.2 Å². The first-order chi connectivity index (χ1) is 10.3. The van der Waals surface area contributed by atoms with E-state index in [9.17, 15) is 0 Å². The van der Waals surface area contributed by atoms with E-state index in [4.69, 9.17) is 9.73 Å². The van der Waals surface area contributed by atoms with E-state index in [0.29, 0.717) is 18.2 Å². The summed E-state index contributed by atoms with van der Waals surface area (Å²) in [4.78, 5) is 4.79. The van der Waals surface area contributed by atoms with Crippen LogP contribution in [0.5, 0.6) is 0 Å². The van der Waals surface area contributed by atoms with Crippen molar-refractivity contribution in [1.29, 1.82) is 0 Å². The molecule has 3 atom stereocenters. The Balaban J connectivity index is 1.45. The third kappa shape index (κ3) is 4.12. The first-order valence-electron chi connectivity index (χ1n) is 9.05. The highest BCUT2D eigenvalue weighted by Crippen LogP contribution is 2.34. The lowest BCUT2D eigenvalue weighted by atomic mass is 9.87. The number of ether oxygens (including phenoxy) is 1. The van der Waals surface area contributed by atoms with Crippen molar-refractivity contribution in [2.45, 2.75) is 83.0 Å². The third-order valence-corrected chi connectivity index (χ3v) is 5.30. The maximum atomic E-state index is 5.92. The topological polar surface area (TPSA) is 45.7 Å². The Labute approximate surface area is 129 Å². The fraction of sp³-hybridized carbons (Fsp3) is 0.941. The van der Waals surface area contributed by atoms with Crippen molar-refractivity contribution in [3.63, 3.8) is 0 Å². The van der Waals surface area contributed by atoms with Gasteiger partial charge in [0, 0.05) is 13.1 Å². The number of nitrogens with one attached hydrogen (secondary N) is 2. The Morgan fingerprint density at radius 1 is 1.14 bits per heavy atom. The van der Waals surface area contributed by atoms with Crippen LogP contribution in [0.15, 0.2) is 4.99 Å². The molecule has 3 aliphatic rings. The quantitative estimate of drug-likeness (QED) is 0.605. The maximum Gasteiger partial charge on any atom is 0.191 e. The second-order valence-corrected chi connectivity index (χ2v) is 6.91. The molecule has 0 aromatic rings. The Bertz CT molecular complexity index is 352. The number of hydrogen-bond acceptors (Lipinski definition) is 2. The monoisotopic (exact) mass is 293 g/mol. The summed E-state index contributed by atoms with van der Waals surface area (Å²) < 4.78 is 5.92. The molecule has 21 heavy (non-hydrogen) atoms. The zero-order chi connectivity index (χ0) is 14.5. The summed E-state index contributed by atoms with van der Waals surface area (Å²) in [6.07, 6.45) is 12.9. The lowest BCUT2D eigenvalue weighted by Gasteiger charge is -2.23. The predicted molar refractivity (Wildman–Crippen MR) is 86.6 cm³/mol. The molecule has 2 aliphatic heterocycles. The SMILES string of the molecule is CCNC(=NCCC1CCCCC1)NC1CC2CCC1O2. The molecule has 4 heteroatoms. The molecule has 3 rings (SSSR count). The van der Waals surface area contributed by atoms with E-state index in [1.807, 2.05) is 0 Å². The second kappa shape index (κ2) is 7.48. The van der Waals surface area contributed by atoms with Crippen molar-refractivity contribution in [1.82, 2.24) is 10.6 Å². The minimum atomic E-state index is 0.414. The molecule has 4 nitrogen and oxygen atoms in total. The third-order valence-electron chi connectivity index (χ3n) is 5.30. The van der Waals surface area contributed by atoms with Crippen molar-refractivity contribution >= 4 is 5.96 Å². The Kier molecular flexibility index (Phi) is 5.39. The van der Waals surface area contributed by atoms with Crippen molar-refractivity contribution in [2.24, 2.45) is 10.9 Å². The molecule has 2 bridgehead atoms. The molecule has 2 saturated heterocycles. The van der Waals surface area contributed by atoms with Crippen LogP contribution in [0, 0.1) is 5.92 Å². The molecular formula is C17H31N3O. The number of guanidine groups is 1. The fourth-order valence-electron chi connectivity index (χ4n) is 4.12. The summed E-state index contributed by atoms with van der Waals surface area (Å²) in [6, 6.07) is 0.469. The Hall–Kier alpha value is -0.770. The van der Waals surface area contributed by atoms with Crippen molar-refractivity contribution in [2.75, 3.05) is 13.1 Å². The van der Waals surface area contributed by atoms with Crippen LogP contribution in [0.4, 0.5) is 0 Å². The molecule has 3 fully saturated rings.